The summed E-state index contributed by atoms with van der Waals surface area (Å²) >= 11 is 0. The number of hydrogen-bond acceptors (Lipinski definition) is 6. The second-order valence-corrected chi connectivity index (χ2v) is 7.57. The molecule has 156 valence electrons. The molecule has 1 unspecified atom stereocenters. The van der Waals surface area contributed by atoms with E-state index in [4.69, 9.17) is 0 Å². The van der Waals surface area contributed by atoms with E-state index in [2.05, 4.69) is 26.2 Å². The first kappa shape index (κ1) is 18.9. The minimum atomic E-state index is -1.16. The Morgan fingerprint density at radius 1 is 1.16 bits per heavy atom. The number of imide groups is 1. The van der Waals surface area contributed by atoms with Crippen molar-refractivity contribution in [2.45, 2.75) is 24.8 Å². The summed E-state index contributed by atoms with van der Waals surface area (Å²) in [4.78, 5) is 39.8. The highest BCUT2D eigenvalue weighted by Crippen LogP contribution is 2.43. The van der Waals surface area contributed by atoms with Crippen LogP contribution in [0, 0.1) is 0 Å². The van der Waals surface area contributed by atoms with E-state index < -0.39 is 17.5 Å². The zero-order chi connectivity index (χ0) is 21.4. The van der Waals surface area contributed by atoms with Gasteiger partial charge in [-0.15, -0.1) is 5.10 Å². The highest BCUT2D eigenvalue weighted by molar-refractivity contribution is 6.09. The van der Waals surface area contributed by atoms with Gasteiger partial charge in [0.15, 0.2) is 0 Å². The Balaban J connectivity index is 1.41. The largest absolute Gasteiger partial charge is 0.325 e. The number of aryl methyl sites for hydroxylation is 1. The number of fused-ring (bicyclic) bond motifs is 2. The van der Waals surface area contributed by atoms with E-state index in [9.17, 15) is 14.4 Å². The lowest BCUT2D eigenvalue weighted by atomic mass is 9.75. The molecule has 10 heteroatoms. The van der Waals surface area contributed by atoms with Crippen LogP contribution in [0.25, 0.3) is 5.69 Å². The van der Waals surface area contributed by atoms with Gasteiger partial charge < -0.3 is 5.32 Å². The van der Waals surface area contributed by atoms with E-state index in [1.807, 2.05) is 24.3 Å². The number of nitrogens with zero attached hydrogens (tertiary/aromatic N) is 5. The Bertz CT molecular complexity index is 1180. The number of amides is 4. The zero-order valence-corrected chi connectivity index (χ0v) is 16.5. The lowest BCUT2D eigenvalue weighted by molar-refractivity contribution is -0.129. The lowest BCUT2D eigenvalue weighted by Crippen LogP contribution is -2.51. The smallest absolute Gasteiger partial charge is 0.324 e. The van der Waals surface area contributed by atoms with Gasteiger partial charge in [-0.2, -0.15) is 0 Å². The summed E-state index contributed by atoms with van der Waals surface area (Å²) < 4.78 is 1.47. The Kier molecular flexibility index (Phi) is 4.46. The van der Waals surface area contributed by atoms with Crippen LogP contribution >= 0.6 is 0 Å². The van der Waals surface area contributed by atoms with Crippen molar-refractivity contribution in [3.63, 3.8) is 0 Å². The quantitative estimate of drug-likeness (QED) is 0.619. The minimum Gasteiger partial charge on any atom is -0.324 e. The van der Waals surface area contributed by atoms with Crippen LogP contribution in [0.15, 0.2) is 54.9 Å². The second-order valence-electron chi connectivity index (χ2n) is 7.57. The fourth-order valence-electron chi connectivity index (χ4n) is 4.45. The molecule has 1 aliphatic heterocycles. The minimum absolute atomic E-state index is 0.249. The first-order valence-electron chi connectivity index (χ1n) is 9.93. The molecule has 10 nitrogen and oxygen atoms in total. The van der Waals surface area contributed by atoms with Gasteiger partial charge in [0.05, 0.1) is 5.69 Å². The normalized spacial score (nSPS) is 19.9. The molecule has 1 aromatic heterocycles. The van der Waals surface area contributed by atoms with Crippen LogP contribution in [-0.4, -0.2) is 49.5 Å². The van der Waals surface area contributed by atoms with E-state index in [1.54, 1.807) is 24.3 Å². The summed E-state index contributed by atoms with van der Waals surface area (Å²) in [6, 6.07) is 14.1. The van der Waals surface area contributed by atoms with Crippen molar-refractivity contribution >= 4 is 23.5 Å². The molecular formula is C21H19N7O3. The van der Waals surface area contributed by atoms with Crippen LogP contribution in [0.2, 0.25) is 0 Å². The third-order valence-corrected chi connectivity index (χ3v) is 5.79. The van der Waals surface area contributed by atoms with E-state index in [0.717, 1.165) is 24.0 Å². The van der Waals surface area contributed by atoms with Gasteiger partial charge in [-0.3, -0.25) is 19.8 Å². The number of carbonyl (C=O) groups excluding carboxylic acids is 3. The molecule has 5 rings (SSSR count). The molecule has 4 amide bonds. The van der Waals surface area contributed by atoms with Crippen LogP contribution in [0.3, 0.4) is 0 Å². The van der Waals surface area contributed by atoms with Crippen molar-refractivity contribution < 1.29 is 14.4 Å². The molecule has 1 fully saturated rings. The maximum Gasteiger partial charge on any atom is 0.325 e. The number of carbonyl (C=O) groups is 3. The van der Waals surface area contributed by atoms with Crippen molar-refractivity contribution in [3.8, 4) is 5.69 Å². The monoisotopic (exact) mass is 417 g/mol. The van der Waals surface area contributed by atoms with Gasteiger partial charge in [0.25, 0.3) is 5.91 Å². The number of hydrogen-bond donors (Lipinski definition) is 2. The van der Waals surface area contributed by atoms with Crippen molar-refractivity contribution in [1.82, 2.24) is 30.4 Å². The van der Waals surface area contributed by atoms with E-state index in [-0.39, 0.29) is 12.5 Å². The molecule has 2 N–H and O–H groups in total. The van der Waals surface area contributed by atoms with Crippen molar-refractivity contribution in [3.05, 3.63) is 66.0 Å². The van der Waals surface area contributed by atoms with E-state index in [1.165, 1.54) is 15.9 Å². The van der Waals surface area contributed by atoms with Gasteiger partial charge in [0.1, 0.15) is 18.4 Å². The summed E-state index contributed by atoms with van der Waals surface area (Å²) in [5.74, 6) is -0.778. The molecule has 3 aromatic rings. The number of aromatic nitrogens is 4. The fourth-order valence-corrected chi connectivity index (χ4v) is 4.45. The SMILES string of the molecule is O=C(CN1C(=O)NC(=O)C12CCCc1ccccc12)Nc1cccc(-n2cnnn2)c1. The Hall–Kier alpha value is -4.08. The van der Waals surface area contributed by atoms with Gasteiger partial charge in [-0.1, -0.05) is 30.3 Å². The topological polar surface area (TPSA) is 122 Å². The summed E-state index contributed by atoms with van der Waals surface area (Å²) in [6.45, 7) is -0.249. The third-order valence-electron chi connectivity index (χ3n) is 5.79. The summed E-state index contributed by atoms with van der Waals surface area (Å²) in [5, 5.41) is 16.2. The standard InChI is InChI=1S/C21H19N7O3/c29-18(23-15-7-3-8-16(11-15)28-13-22-25-26-28)12-27-20(31)24-19(30)21(27)10-4-6-14-5-1-2-9-17(14)21/h1-3,5,7-9,11,13H,4,6,10,12H2,(H,23,29)(H,24,30,31). The molecule has 0 saturated carbocycles. The van der Waals surface area contributed by atoms with Crippen molar-refractivity contribution in [2.75, 3.05) is 11.9 Å². The van der Waals surface area contributed by atoms with E-state index in [0.29, 0.717) is 17.8 Å². The number of benzene rings is 2. The van der Waals surface area contributed by atoms with Crippen molar-refractivity contribution in [1.29, 1.82) is 0 Å². The number of nitrogens with one attached hydrogen (secondary N) is 2. The molecule has 2 aliphatic rings. The average molecular weight is 417 g/mol. The van der Waals surface area contributed by atoms with E-state index >= 15 is 0 Å². The molecule has 31 heavy (non-hydrogen) atoms. The molecular weight excluding hydrogens is 398 g/mol. The van der Waals surface area contributed by atoms with Gasteiger partial charge in [0, 0.05) is 5.69 Å². The maximum absolute atomic E-state index is 12.9. The third kappa shape index (κ3) is 3.12. The van der Waals surface area contributed by atoms with Gasteiger partial charge >= 0.3 is 6.03 Å². The maximum atomic E-state index is 12.9. The Labute approximate surface area is 177 Å². The predicted octanol–water partition coefficient (Wildman–Crippen LogP) is 1.38. The van der Waals surface area contributed by atoms with Gasteiger partial charge in [0.2, 0.25) is 5.91 Å². The second kappa shape index (κ2) is 7.31. The molecule has 1 saturated heterocycles. The van der Waals surface area contributed by atoms with Crippen LogP contribution in [-0.2, 0) is 21.5 Å². The highest BCUT2D eigenvalue weighted by atomic mass is 16.2. The molecule has 1 atom stereocenters. The first-order valence-corrected chi connectivity index (χ1v) is 9.93. The molecule has 0 bridgehead atoms. The van der Waals surface area contributed by atoms with Crippen LogP contribution in [0.5, 0.6) is 0 Å². The summed E-state index contributed by atoms with van der Waals surface area (Å²) in [6.07, 6.45) is 3.52. The summed E-state index contributed by atoms with van der Waals surface area (Å²) in [7, 11) is 0. The highest BCUT2D eigenvalue weighted by Gasteiger charge is 2.56. The number of urea groups is 1. The van der Waals surface area contributed by atoms with Crippen LogP contribution in [0.1, 0.15) is 24.0 Å². The van der Waals surface area contributed by atoms with Crippen molar-refractivity contribution in [2.24, 2.45) is 0 Å². The Morgan fingerprint density at radius 2 is 2.03 bits per heavy atom. The fraction of sp³-hybridized carbons (Fsp3) is 0.238. The average Bonchev–Trinajstić information content (AvgIpc) is 3.38. The summed E-state index contributed by atoms with van der Waals surface area (Å²) in [5.41, 5.74) is 1.87. The predicted molar refractivity (Wildman–Crippen MR) is 109 cm³/mol. The van der Waals surface area contributed by atoms with Gasteiger partial charge in [-0.05, 0) is 59.0 Å². The van der Waals surface area contributed by atoms with Gasteiger partial charge in [-0.25, -0.2) is 9.48 Å². The Morgan fingerprint density at radius 3 is 2.87 bits per heavy atom. The molecule has 2 heterocycles. The first-order chi connectivity index (χ1) is 15.1. The molecule has 2 aromatic carbocycles. The lowest BCUT2D eigenvalue weighted by Gasteiger charge is -2.39. The molecule has 1 aliphatic carbocycles. The number of anilines is 1. The number of rotatable bonds is 4. The van der Waals surface area contributed by atoms with Crippen LogP contribution in [0.4, 0.5) is 10.5 Å². The molecule has 0 radical (unpaired) electrons. The van der Waals surface area contributed by atoms with Crippen LogP contribution < -0.4 is 10.6 Å². The number of tetrazole rings is 1. The molecule has 1 spiro atoms. The zero-order valence-electron chi connectivity index (χ0n) is 16.5.